The smallest absolute Gasteiger partial charge is 0.213 e. The number of nitrogens with zero attached hydrogens (tertiary/aromatic N) is 4. The van der Waals surface area contributed by atoms with Gasteiger partial charge in [-0.15, -0.1) is 0 Å². The number of aromatic nitrogens is 3. The van der Waals surface area contributed by atoms with E-state index in [-0.39, 0.29) is 17.5 Å². The fourth-order valence-corrected chi connectivity index (χ4v) is 3.61. The van der Waals surface area contributed by atoms with E-state index < -0.39 is 9.84 Å². The van der Waals surface area contributed by atoms with Gasteiger partial charge >= 0.3 is 0 Å². The van der Waals surface area contributed by atoms with Crippen molar-refractivity contribution in [2.45, 2.75) is 19.5 Å². The molecule has 0 saturated heterocycles. The summed E-state index contributed by atoms with van der Waals surface area (Å²) < 4.78 is 31.2. The Hall–Kier alpha value is -1.93. The van der Waals surface area contributed by atoms with E-state index in [1.54, 1.807) is 19.3 Å². The minimum Gasteiger partial charge on any atom is -0.475 e. The average molecular weight is 350 g/mol. The predicted octanol–water partition coefficient (Wildman–Crippen LogP) is 1.15. The van der Waals surface area contributed by atoms with Gasteiger partial charge in [0.25, 0.3) is 0 Å². The molecule has 1 aliphatic rings. The van der Waals surface area contributed by atoms with E-state index in [1.807, 2.05) is 28.9 Å². The van der Waals surface area contributed by atoms with Crippen molar-refractivity contribution in [2.24, 2.45) is 0 Å². The first-order chi connectivity index (χ1) is 11.6. The van der Waals surface area contributed by atoms with Crippen LogP contribution < -0.4 is 4.74 Å². The fourth-order valence-electron chi connectivity index (χ4n) is 2.78. The molecule has 0 unspecified atom stereocenters. The van der Waals surface area contributed by atoms with Crippen LogP contribution in [-0.2, 0) is 16.4 Å². The molecule has 0 amide bonds. The fraction of sp³-hybridized carbons (Fsp3) is 0.500. The van der Waals surface area contributed by atoms with Crippen LogP contribution in [0.15, 0.2) is 36.7 Å². The number of fused-ring (bicyclic) bond motifs is 1. The van der Waals surface area contributed by atoms with Gasteiger partial charge in [0, 0.05) is 43.8 Å². The second-order valence-corrected chi connectivity index (χ2v) is 8.34. The lowest BCUT2D eigenvalue weighted by molar-refractivity contribution is 0.135. The molecule has 2 aromatic heterocycles. The van der Waals surface area contributed by atoms with Crippen LogP contribution in [0.25, 0.3) is 0 Å². The van der Waals surface area contributed by atoms with Crippen molar-refractivity contribution in [1.82, 2.24) is 19.7 Å². The topological polar surface area (TPSA) is 77.3 Å². The molecule has 0 spiro atoms. The van der Waals surface area contributed by atoms with Crippen LogP contribution in [0.1, 0.15) is 18.7 Å². The highest BCUT2D eigenvalue weighted by molar-refractivity contribution is 7.91. The molecule has 24 heavy (non-hydrogen) atoms. The van der Waals surface area contributed by atoms with E-state index in [0.717, 1.165) is 5.69 Å². The molecule has 1 atom stereocenters. The molecule has 130 valence electrons. The molecule has 2 aromatic rings. The van der Waals surface area contributed by atoms with E-state index in [9.17, 15) is 8.42 Å². The Morgan fingerprint density at radius 3 is 2.92 bits per heavy atom. The Kier molecular flexibility index (Phi) is 5.15. The van der Waals surface area contributed by atoms with Crippen molar-refractivity contribution in [3.8, 4) is 5.88 Å². The molecule has 8 heteroatoms. The second-order valence-electron chi connectivity index (χ2n) is 5.87. The Labute approximate surface area is 142 Å². The molecule has 0 aromatic carbocycles. The largest absolute Gasteiger partial charge is 0.475 e. The number of hydrogen-bond acceptors (Lipinski definition) is 6. The number of hydrogen-bond donors (Lipinski definition) is 0. The van der Waals surface area contributed by atoms with Gasteiger partial charge in [-0.3, -0.25) is 9.58 Å². The molecular weight excluding hydrogens is 328 g/mol. The highest BCUT2D eigenvalue weighted by Gasteiger charge is 2.26. The molecule has 0 aliphatic carbocycles. The van der Waals surface area contributed by atoms with Crippen LogP contribution in [0.4, 0.5) is 0 Å². The minimum atomic E-state index is -2.96. The quantitative estimate of drug-likeness (QED) is 0.745. The highest BCUT2D eigenvalue weighted by atomic mass is 32.2. The van der Waals surface area contributed by atoms with Crippen LogP contribution in [0, 0.1) is 0 Å². The maximum atomic E-state index is 11.8. The van der Waals surface area contributed by atoms with Gasteiger partial charge in [-0.1, -0.05) is 13.0 Å². The molecule has 3 heterocycles. The molecule has 0 fully saturated rings. The zero-order chi connectivity index (χ0) is 17.0. The summed E-state index contributed by atoms with van der Waals surface area (Å²) >= 11 is 0. The lowest BCUT2D eigenvalue weighted by Crippen LogP contribution is -2.42. The third-order valence-electron chi connectivity index (χ3n) is 4.17. The third-order valence-corrected chi connectivity index (χ3v) is 5.86. The number of sulfone groups is 1. The van der Waals surface area contributed by atoms with Crippen molar-refractivity contribution in [3.05, 3.63) is 42.4 Å². The number of pyridine rings is 1. The summed E-state index contributed by atoms with van der Waals surface area (Å²) in [4.78, 5) is 6.31. The van der Waals surface area contributed by atoms with Crippen molar-refractivity contribution in [2.75, 3.05) is 31.2 Å². The summed E-state index contributed by atoms with van der Waals surface area (Å²) in [5.74, 6) is 0.952. The van der Waals surface area contributed by atoms with E-state index in [1.165, 1.54) is 0 Å². The van der Waals surface area contributed by atoms with Crippen molar-refractivity contribution < 1.29 is 13.2 Å². The van der Waals surface area contributed by atoms with Gasteiger partial charge in [-0.25, -0.2) is 13.4 Å². The molecule has 0 N–H and O–H groups in total. The molecule has 0 bridgehead atoms. The van der Waals surface area contributed by atoms with E-state index in [2.05, 4.69) is 15.0 Å². The zero-order valence-electron chi connectivity index (χ0n) is 13.7. The first-order valence-electron chi connectivity index (χ1n) is 8.06. The van der Waals surface area contributed by atoms with Gasteiger partial charge < -0.3 is 4.74 Å². The third kappa shape index (κ3) is 4.12. The highest BCUT2D eigenvalue weighted by Crippen LogP contribution is 2.21. The van der Waals surface area contributed by atoms with Gasteiger partial charge in [-0.05, 0) is 12.1 Å². The molecule has 7 nitrogen and oxygen atoms in total. The molecule has 0 saturated carbocycles. The maximum Gasteiger partial charge on any atom is 0.213 e. The van der Waals surface area contributed by atoms with Crippen molar-refractivity contribution in [3.63, 3.8) is 0 Å². The van der Waals surface area contributed by atoms with Gasteiger partial charge in [0.05, 0.1) is 17.5 Å². The summed E-state index contributed by atoms with van der Waals surface area (Å²) in [6, 6.07) is 7.54. The average Bonchev–Trinajstić information content (AvgIpc) is 3.07. The van der Waals surface area contributed by atoms with Gasteiger partial charge in [0.15, 0.2) is 9.84 Å². The van der Waals surface area contributed by atoms with Crippen LogP contribution in [0.3, 0.4) is 0 Å². The monoisotopic (exact) mass is 350 g/mol. The van der Waals surface area contributed by atoms with Gasteiger partial charge in [-0.2, -0.15) is 5.10 Å². The Morgan fingerprint density at radius 1 is 1.29 bits per heavy atom. The maximum absolute atomic E-state index is 11.8. The summed E-state index contributed by atoms with van der Waals surface area (Å²) in [5.41, 5.74) is 1.07. The van der Waals surface area contributed by atoms with Crippen molar-refractivity contribution >= 4 is 9.84 Å². The molecular formula is C16H22N4O3S. The van der Waals surface area contributed by atoms with E-state index in [0.29, 0.717) is 32.1 Å². The van der Waals surface area contributed by atoms with Gasteiger partial charge in [0.1, 0.15) is 6.61 Å². The summed E-state index contributed by atoms with van der Waals surface area (Å²) in [5, 5.41) is 4.38. The normalized spacial score (nSPS) is 18.3. The molecule has 1 aliphatic heterocycles. The SMILES string of the molecule is CCS(=O)(=O)CCN1Cc2ccnn2[C@H](COc2ccccn2)C1. The van der Waals surface area contributed by atoms with Crippen LogP contribution in [-0.4, -0.2) is 59.3 Å². The van der Waals surface area contributed by atoms with Crippen LogP contribution in [0.2, 0.25) is 0 Å². The number of rotatable bonds is 7. The summed E-state index contributed by atoms with van der Waals surface area (Å²) in [6.45, 7) is 4.08. The Morgan fingerprint density at radius 2 is 2.17 bits per heavy atom. The lowest BCUT2D eigenvalue weighted by atomic mass is 10.2. The minimum absolute atomic E-state index is 0.0371. The standard InChI is InChI=1S/C16H22N4O3S/c1-2-24(21,22)10-9-19-11-14-6-8-18-20(14)15(12-19)13-23-16-5-3-4-7-17-16/h3-8,15H,2,9-13H2,1H3/t15-/m0/s1. The summed E-state index contributed by atoms with van der Waals surface area (Å²) in [7, 11) is -2.96. The molecule has 0 radical (unpaired) electrons. The van der Waals surface area contributed by atoms with Crippen molar-refractivity contribution in [1.29, 1.82) is 0 Å². The summed E-state index contributed by atoms with van der Waals surface area (Å²) in [6.07, 6.45) is 3.47. The first-order valence-corrected chi connectivity index (χ1v) is 9.88. The molecule has 3 rings (SSSR count). The van der Waals surface area contributed by atoms with Crippen LogP contribution in [0.5, 0.6) is 5.88 Å². The Bertz CT molecular complexity index is 761. The van der Waals surface area contributed by atoms with Crippen LogP contribution >= 0.6 is 0 Å². The van der Waals surface area contributed by atoms with E-state index >= 15 is 0 Å². The first kappa shape index (κ1) is 16.9. The zero-order valence-corrected chi connectivity index (χ0v) is 14.5. The number of ether oxygens (including phenoxy) is 1. The lowest BCUT2D eigenvalue weighted by Gasteiger charge is -2.33. The predicted molar refractivity (Wildman–Crippen MR) is 90.6 cm³/mol. The second kappa shape index (κ2) is 7.31. The Balaban J connectivity index is 1.65. The van der Waals surface area contributed by atoms with E-state index in [4.69, 9.17) is 4.74 Å². The van der Waals surface area contributed by atoms with Gasteiger partial charge in [0.2, 0.25) is 5.88 Å².